The van der Waals surface area contributed by atoms with Crippen molar-refractivity contribution < 1.29 is 19.2 Å². The van der Waals surface area contributed by atoms with E-state index in [1.165, 1.54) is 23.1 Å². The molecule has 1 aromatic heterocycles. The third-order valence-corrected chi connectivity index (χ3v) is 6.95. The quantitative estimate of drug-likeness (QED) is 0.487. The molecule has 2 N–H and O–H groups in total. The molecule has 30 heavy (non-hydrogen) atoms. The molecule has 3 heterocycles. The number of carbonyl (C=O) groups is 4. The molecule has 1 aromatic carbocycles. The van der Waals surface area contributed by atoms with Crippen LogP contribution in [0.15, 0.2) is 28.6 Å². The number of aromatic nitrogens is 2. The first-order valence-corrected chi connectivity index (χ1v) is 11.0. The number of benzene rings is 1. The maximum Gasteiger partial charge on any atom is 0.262 e. The maximum absolute atomic E-state index is 12.7. The number of thioether (sulfide) groups is 1. The lowest BCUT2D eigenvalue weighted by Crippen LogP contribution is -2.51. The summed E-state index contributed by atoms with van der Waals surface area (Å²) in [5.41, 5.74) is 5.81. The number of piperazine rings is 1. The highest BCUT2D eigenvalue weighted by Crippen LogP contribution is 2.28. The predicted octanol–water partition coefficient (Wildman–Crippen LogP) is 0.0603. The fraction of sp³-hybridized carbons (Fsp3) is 0.333. The van der Waals surface area contributed by atoms with Gasteiger partial charge >= 0.3 is 0 Å². The Bertz CT molecular complexity index is 983. The fourth-order valence-corrected chi connectivity index (χ4v) is 4.92. The molecule has 10 nitrogen and oxygen atoms in total. The monoisotopic (exact) mass is 446 g/mol. The lowest BCUT2D eigenvalue weighted by Gasteiger charge is -2.34. The smallest absolute Gasteiger partial charge is 0.262 e. The summed E-state index contributed by atoms with van der Waals surface area (Å²) in [6, 6.07) is 6.58. The van der Waals surface area contributed by atoms with Crippen molar-refractivity contribution in [2.24, 2.45) is 5.73 Å². The summed E-state index contributed by atoms with van der Waals surface area (Å²) < 4.78 is 0.660. The molecule has 0 spiro atoms. The summed E-state index contributed by atoms with van der Waals surface area (Å²) in [5, 5.41) is 8.89. The van der Waals surface area contributed by atoms with Gasteiger partial charge < -0.3 is 15.5 Å². The van der Waals surface area contributed by atoms with Gasteiger partial charge in [0.2, 0.25) is 16.9 Å². The molecule has 0 unspecified atom stereocenters. The van der Waals surface area contributed by atoms with Crippen molar-refractivity contribution in [3.8, 4) is 0 Å². The minimum absolute atomic E-state index is 0.148. The van der Waals surface area contributed by atoms with E-state index in [-0.39, 0.29) is 18.2 Å². The Morgan fingerprint density at radius 1 is 1.03 bits per heavy atom. The molecule has 2 aliphatic rings. The summed E-state index contributed by atoms with van der Waals surface area (Å²) in [7, 11) is 0. The van der Waals surface area contributed by atoms with Crippen LogP contribution in [0.1, 0.15) is 20.7 Å². The highest BCUT2D eigenvalue weighted by atomic mass is 32.2. The van der Waals surface area contributed by atoms with E-state index in [0.29, 0.717) is 41.6 Å². The molecular weight excluding hydrogens is 428 g/mol. The zero-order chi connectivity index (χ0) is 21.3. The van der Waals surface area contributed by atoms with Gasteiger partial charge in [-0.15, -0.1) is 10.2 Å². The van der Waals surface area contributed by atoms with E-state index in [0.717, 1.165) is 10.0 Å². The van der Waals surface area contributed by atoms with Gasteiger partial charge in [0.15, 0.2) is 4.34 Å². The Morgan fingerprint density at radius 2 is 1.67 bits per heavy atom. The first-order chi connectivity index (χ1) is 14.4. The van der Waals surface area contributed by atoms with Crippen molar-refractivity contribution in [3.63, 3.8) is 0 Å². The van der Waals surface area contributed by atoms with Crippen LogP contribution in [0, 0.1) is 0 Å². The van der Waals surface area contributed by atoms with Crippen molar-refractivity contribution in [2.45, 2.75) is 4.34 Å². The Hall–Kier alpha value is -2.99. The summed E-state index contributed by atoms with van der Waals surface area (Å²) in [4.78, 5) is 53.1. The predicted molar refractivity (Wildman–Crippen MR) is 110 cm³/mol. The third-order valence-electron chi connectivity index (χ3n) is 4.81. The molecule has 0 aliphatic carbocycles. The van der Waals surface area contributed by atoms with Crippen LogP contribution in [-0.2, 0) is 9.59 Å². The van der Waals surface area contributed by atoms with E-state index in [2.05, 4.69) is 10.2 Å². The van der Waals surface area contributed by atoms with Crippen LogP contribution >= 0.6 is 23.1 Å². The Labute approximate surface area is 180 Å². The van der Waals surface area contributed by atoms with Crippen LogP contribution in [0.25, 0.3) is 0 Å². The number of primary amides is 1. The normalized spacial score (nSPS) is 16.2. The number of hydrogen-bond acceptors (Lipinski definition) is 9. The lowest BCUT2D eigenvalue weighted by atomic mass is 10.1. The number of amides is 4. The van der Waals surface area contributed by atoms with Gasteiger partial charge in [-0.1, -0.05) is 35.2 Å². The zero-order valence-electron chi connectivity index (χ0n) is 15.8. The molecule has 0 radical (unpaired) electrons. The SMILES string of the molecule is NC(=O)CSc1nnc(N2CCN(C(=O)CN3C(=O)c4ccccc4C3=O)CC2)s1. The molecule has 156 valence electrons. The minimum atomic E-state index is -0.433. The van der Waals surface area contributed by atoms with Crippen molar-refractivity contribution in [2.75, 3.05) is 43.4 Å². The zero-order valence-corrected chi connectivity index (χ0v) is 17.4. The number of nitrogens with zero attached hydrogens (tertiary/aromatic N) is 5. The van der Waals surface area contributed by atoms with Gasteiger partial charge in [0.1, 0.15) is 6.54 Å². The first-order valence-electron chi connectivity index (χ1n) is 9.16. The van der Waals surface area contributed by atoms with Gasteiger partial charge in [-0.05, 0) is 12.1 Å². The van der Waals surface area contributed by atoms with Crippen LogP contribution < -0.4 is 10.6 Å². The second kappa shape index (κ2) is 8.40. The van der Waals surface area contributed by atoms with Gasteiger partial charge in [0.05, 0.1) is 16.9 Å². The van der Waals surface area contributed by atoms with Crippen molar-refractivity contribution in [1.82, 2.24) is 20.0 Å². The van der Waals surface area contributed by atoms with Crippen LogP contribution in [-0.4, -0.2) is 82.1 Å². The van der Waals surface area contributed by atoms with E-state index in [4.69, 9.17) is 5.73 Å². The van der Waals surface area contributed by atoms with Gasteiger partial charge in [-0.2, -0.15) is 0 Å². The fourth-order valence-electron chi connectivity index (χ4n) is 3.29. The molecule has 0 atom stereocenters. The number of rotatable bonds is 6. The third kappa shape index (κ3) is 4.00. The standard InChI is InChI=1S/C18H18N6O4S2/c19-13(25)10-29-18-21-20-17(30-18)23-7-5-22(6-8-23)14(26)9-24-15(27)11-3-1-2-4-12(11)16(24)28/h1-4H,5-10H2,(H2,19,25). The molecule has 2 aliphatic heterocycles. The number of fused-ring (bicyclic) bond motifs is 1. The van der Waals surface area contributed by atoms with Gasteiger partial charge in [-0.25, -0.2) is 0 Å². The highest BCUT2D eigenvalue weighted by molar-refractivity contribution is 8.01. The van der Waals surface area contributed by atoms with E-state index in [1.807, 2.05) is 4.90 Å². The second-order valence-electron chi connectivity index (χ2n) is 6.72. The lowest BCUT2D eigenvalue weighted by molar-refractivity contribution is -0.131. The number of hydrogen-bond donors (Lipinski definition) is 1. The Kier molecular flexibility index (Phi) is 5.68. The summed E-state index contributed by atoms with van der Waals surface area (Å²) in [6.07, 6.45) is 0. The van der Waals surface area contributed by atoms with E-state index in [1.54, 1.807) is 29.2 Å². The molecule has 4 rings (SSSR count). The summed E-state index contributed by atoms with van der Waals surface area (Å²) in [6.45, 7) is 1.75. The van der Waals surface area contributed by atoms with Gasteiger partial charge in [-0.3, -0.25) is 24.1 Å². The molecule has 1 saturated heterocycles. The number of nitrogens with two attached hydrogens (primary N) is 1. The van der Waals surface area contributed by atoms with Crippen molar-refractivity contribution >= 4 is 51.9 Å². The average Bonchev–Trinajstić information content (AvgIpc) is 3.32. The summed E-state index contributed by atoms with van der Waals surface area (Å²) in [5.74, 6) is -1.40. The molecule has 0 bridgehead atoms. The van der Waals surface area contributed by atoms with Crippen molar-refractivity contribution in [1.29, 1.82) is 0 Å². The number of carbonyl (C=O) groups excluding carboxylic acids is 4. The Balaban J connectivity index is 1.31. The largest absolute Gasteiger partial charge is 0.369 e. The van der Waals surface area contributed by atoms with E-state index < -0.39 is 17.7 Å². The average molecular weight is 447 g/mol. The van der Waals surface area contributed by atoms with E-state index >= 15 is 0 Å². The molecule has 4 amide bonds. The van der Waals surface area contributed by atoms with Crippen LogP contribution in [0.3, 0.4) is 0 Å². The van der Waals surface area contributed by atoms with Crippen LogP contribution in [0.5, 0.6) is 0 Å². The highest BCUT2D eigenvalue weighted by Gasteiger charge is 2.37. The Morgan fingerprint density at radius 3 is 2.27 bits per heavy atom. The van der Waals surface area contributed by atoms with Gasteiger partial charge in [0, 0.05) is 26.2 Å². The van der Waals surface area contributed by atoms with E-state index in [9.17, 15) is 19.2 Å². The minimum Gasteiger partial charge on any atom is -0.369 e. The first kappa shape index (κ1) is 20.3. The summed E-state index contributed by atoms with van der Waals surface area (Å²) >= 11 is 2.61. The number of anilines is 1. The second-order valence-corrected chi connectivity index (χ2v) is 8.89. The van der Waals surface area contributed by atoms with Gasteiger partial charge in [0.25, 0.3) is 11.8 Å². The molecular formula is C18H18N6O4S2. The number of imide groups is 1. The molecule has 12 heteroatoms. The van der Waals surface area contributed by atoms with Crippen LogP contribution in [0.4, 0.5) is 5.13 Å². The van der Waals surface area contributed by atoms with Crippen LogP contribution in [0.2, 0.25) is 0 Å². The molecule has 0 saturated carbocycles. The van der Waals surface area contributed by atoms with Crippen molar-refractivity contribution in [3.05, 3.63) is 35.4 Å². The molecule has 1 fully saturated rings. The maximum atomic E-state index is 12.7. The molecule has 2 aromatic rings. The topological polar surface area (TPSA) is 130 Å².